The van der Waals surface area contributed by atoms with Gasteiger partial charge in [-0.3, -0.25) is 9.48 Å². The van der Waals surface area contributed by atoms with Crippen LogP contribution in [0.3, 0.4) is 0 Å². The van der Waals surface area contributed by atoms with Gasteiger partial charge in [-0.25, -0.2) is 0 Å². The molecule has 0 spiro atoms. The molecule has 1 aliphatic rings. The maximum atomic E-state index is 12.5. The van der Waals surface area contributed by atoms with Gasteiger partial charge in [0.15, 0.2) is 0 Å². The molecule has 1 amide bonds. The number of likely N-dealkylation sites (tertiary alicyclic amines) is 1. The van der Waals surface area contributed by atoms with Gasteiger partial charge in [0.2, 0.25) is 0 Å². The van der Waals surface area contributed by atoms with Gasteiger partial charge in [0.05, 0.1) is 25.4 Å². The van der Waals surface area contributed by atoms with Crippen molar-refractivity contribution in [2.75, 3.05) is 26.7 Å². The molecule has 122 valence electrons. The minimum Gasteiger partial charge on any atom is -0.497 e. The van der Waals surface area contributed by atoms with Gasteiger partial charge >= 0.3 is 0 Å². The van der Waals surface area contributed by atoms with Crippen molar-refractivity contribution < 1.29 is 9.53 Å². The number of rotatable bonds is 5. The van der Waals surface area contributed by atoms with Crippen LogP contribution in [0.15, 0.2) is 36.7 Å². The summed E-state index contributed by atoms with van der Waals surface area (Å²) >= 11 is 0. The highest BCUT2D eigenvalue weighted by atomic mass is 16.5. The molecule has 1 atom stereocenters. The summed E-state index contributed by atoms with van der Waals surface area (Å²) in [5.74, 6) is 1.30. The SMILES string of the molecule is COc1ccc(Cn2cc(C(=O)N3CC[C@H](CN)C3)cn2)cc1. The van der Waals surface area contributed by atoms with E-state index in [9.17, 15) is 4.79 Å². The predicted molar refractivity (Wildman–Crippen MR) is 87.4 cm³/mol. The zero-order valence-electron chi connectivity index (χ0n) is 13.3. The molecule has 0 saturated carbocycles. The fraction of sp³-hybridized carbons (Fsp3) is 0.412. The first-order valence-electron chi connectivity index (χ1n) is 7.84. The van der Waals surface area contributed by atoms with Crippen molar-refractivity contribution in [3.63, 3.8) is 0 Å². The Bertz CT molecular complexity index is 665. The lowest BCUT2D eigenvalue weighted by Gasteiger charge is -2.14. The summed E-state index contributed by atoms with van der Waals surface area (Å²) in [4.78, 5) is 14.3. The number of aromatic nitrogens is 2. The lowest BCUT2D eigenvalue weighted by Crippen LogP contribution is -2.29. The van der Waals surface area contributed by atoms with Gasteiger partial charge in [-0.15, -0.1) is 0 Å². The summed E-state index contributed by atoms with van der Waals surface area (Å²) < 4.78 is 6.93. The van der Waals surface area contributed by atoms with Gasteiger partial charge in [-0.1, -0.05) is 12.1 Å². The lowest BCUT2D eigenvalue weighted by molar-refractivity contribution is 0.0787. The average Bonchev–Trinajstić information content (AvgIpc) is 3.24. The molecule has 6 heteroatoms. The molecule has 6 nitrogen and oxygen atoms in total. The summed E-state index contributed by atoms with van der Waals surface area (Å²) in [5.41, 5.74) is 7.43. The largest absolute Gasteiger partial charge is 0.497 e. The summed E-state index contributed by atoms with van der Waals surface area (Å²) in [6, 6.07) is 7.83. The molecule has 3 rings (SSSR count). The molecule has 1 fully saturated rings. The zero-order valence-corrected chi connectivity index (χ0v) is 13.3. The van der Waals surface area contributed by atoms with E-state index in [4.69, 9.17) is 10.5 Å². The van der Waals surface area contributed by atoms with Crippen molar-refractivity contribution >= 4 is 5.91 Å². The van der Waals surface area contributed by atoms with Crippen LogP contribution in [0.5, 0.6) is 5.75 Å². The molecule has 0 unspecified atom stereocenters. The molecule has 2 aromatic rings. The van der Waals surface area contributed by atoms with E-state index in [2.05, 4.69) is 5.10 Å². The van der Waals surface area contributed by atoms with Crippen molar-refractivity contribution in [2.45, 2.75) is 13.0 Å². The molecule has 0 aliphatic carbocycles. The van der Waals surface area contributed by atoms with Gasteiger partial charge in [0, 0.05) is 19.3 Å². The number of benzene rings is 1. The fourth-order valence-electron chi connectivity index (χ4n) is 2.87. The van der Waals surface area contributed by atoms with E-state index in [0.717, 1.165) is 30.8 Å². The minimum atomic E-state index is 0.0435. The number of carbonyl (C=O) groups excluding carboxylic acids is 1. The Hall–Kier alpha value is -2.34. The first kappa shape index (κ1) is 15.6. The number of ether oxygens (including phenoxy) is 1. The average molecular weight is 314 g/mol. The third-order valence-corrected chi connectivity index (χ3v) is 4.29. The van der Waals surface area contributed by atoms with Crippen molar-refractivity contribution in [3.05, 3.63) is 47.8 Å². The molecule has 0 radical (unpaired) electrons. The van der Waals surface area contributed by atoms with E-state index < -0.39 is 0 Å². The summed E-state index contributed by atoms with van der Waals surface area (Å²) in [5, 5.41) is 4.30. The van der Waals surface area contributed by atoms with Crippen molar-refractivity contribution in [1.29, 1.82) is 0 Å². The molecule has 1 aliphatic heterocycles. The Labute approximate surface area is 135 Å². The van der Waals surface area contributed by atoms with E-state index in [1.54, 1.807) is 18.0 Å². The van der Waals surface area contributed by atoms with Crippen molar-refractivity contribution in [3.8, 4) is 5.75 Å². The van der Waals surface area contributed by atoms with Crippen LogP contribution < -0.4 is 10.5 Å². The summed E-state index contributed by atoms with van der Waals surface area (Å²) in [6.45, 7) is 2.80. The van der Waals surface area contributed by atoms with E-state index in [1.807, 2.05) is 35.4 Å². The maximum absolute atomic E-state index is 12.5. The Morgan fingerprint density at radius 3 is 2.83 bits per heavy atom. The first-order chi connectivity index (χ1) is 11.2. The van der Waals surface area contributed by atoms with E-state index in [1.165, 1.54) is 0 Å². The van der Waals surface area contributed by atoms with E-state index in [0.29, 0.717) is 24.6 Å². The Morgan fingerprint density at radius 2 is 2.17 bits per heavy atom. The van der Waals surface area contributed by atoms with Gasteiger partial charge in [0.25, 0.3) is 5.91 Å². The van der Waals surface area contributed by atoms with Crippen LogP contribution >= 0.6 is 0 Å². The summed E-state index contributed by atoms with van der Waals surface area (Å²) in [6.07, 6.45) is 4.44. The minimum absolute atomic E-state index is 0.0435. The molecule has 0 bridgehead atoms. The molecule has 1 saturated heterocycles. The normalized spacial score (nSPS) is 17.5. The molecule has 23 heavy (non-hydrogen) atoms. The monoisotopic (exact) mass is 314 g/mol. The van der Waals surface area contributed by atoms with E-state index >= 15 is 0 Å². The van der Waals surface area contributed by atoms with Crippen LogP contribution in [0.2, 0.25) is 0 Å². The smallest absolute Gasteiger partial charge is 0.257 e. The lowest BCUT2D eigenvalue weighted by atomic mass is 10.1. The third-order valence-electron chi connectivity index (χ3n) is 4.29. The quantitative estimate of drug-likeness (QED) is 0.904. The first-order valence-corrected chi connectivity index (χ1v) is 7.84. The fourth-order valence-corrected chi connectivity index (χ4v) is 2.87. The van der Waals surface area contributed by atoms with Crippen LogP contribution in [0, 0.1) is 5.92 Å². The Morgan fingerprint density at radius 1 is 1.39 bits per heavy atom. The molecule has 2 heterocycles. The van der Waals surface area contributed by atoms with Gasteiger partial charge in [0.1, 0.15) is 5.75 Å². The van der Waals surface area contributed by atoms with Crippen LogP contribution in [0.1, 0.15) is 22.3 Å². The van der Waals surface area contributed by atoms with Gasteiger partial charge < -0.3 is 15.4 Å². The molecule has 2 N–H and O–H groups in total. The summed E-state index contributed by atoms with van der Waals surface area (Å²) in [7, 11) is 1.65. The van der Waals surface area contributed by atoms with Crippen LogP contribution in [-0.4, -0.2) is 47.3 Å². The second-order valence-corrected chi connectivity index (χ2v) is 5.92. The van der Waals surface area contributed by atoms with E-state index in [-0.39, 0.29) is 5.91 Å². The number of methoxy groups -OCH3 is 1. The highest BCUT2D eigenvalue weighted by molar-refractivity contribution is 5.93. The second kappa shape index (κ2) is 6.83. The number of nitrogens with zero attached hydrogens (tertiary/aromatic N) is 3. The Kier molecular flexibility index (Phi) is 4.62. The zero-order chi connectivity index (χ0) is 16.2. The second-order valence-electron chi connectivity index (χ2n) is 5.92. The number of carbonyl (C=O) groups is 1. The van der Waals surface area contributed by atoms with Crippen molar-refractivity contribution in [1.82, 2.24) is 14.7 Å². The number of amides is 1. The molecular weight excluding hydrogens is 292 g/mol. The van der Waals surface area contributed by atoms with Gasteiger partial charge in [-0.2, -0.15) is 5.10 Å². The number of hydrogen-bond donors (Lipinski definition) is 1. The van der Waals surface area contributed by atoms with Crippen LogP contribution in [0.25, 0.3) is 0 Å². The van der Waals surface area contributed by atoms with Crippen molar-refractivity contribution in [2.24, 2.45) is 11.7 Å². The standard InChI is InChI=1S/C17H22N4O2/c1-23-16-4-2-13(3-5-16)11-21-12-15(9-19-21)17(22)20-7-6-14(8-18)10-20/h2-5,9,12,14H,6-8,10-11,18H2,1H3/t14-/m1/s1. The molecule has 1 aromatic heterocycles. The predicted octanol–water partition coefficient (Wildman–Crippen LogP) is 1.36. The number of nitrogens with two attached hydrogens (primary N) is 1. The Balaban J connectivity index is 1.64. The molecular formula is C17H22N4O2. The maximum Gasteiger partial charge on any atom is 0.257 e. The number of hydrogen-bond acceptors (Lipinski definition) is 4. The van der Waals surface area contributed by atoms with Gasteiger partial charge in [-0.05, 0) is 36.6 Å². The highest BCUT2D eigenvalue weighted by Crippen LogP contribution is 2.18. The topological polar surface area (TPSA) is 73.4 Å². The third kappa shape index (κ3) is 3.53. The molecule has 1 aromatic carbocycles. The van der Waals surface area contributed by atoms with Crippen LogP contribution in [0.4, 0.5) is 0 Å². The van der Waals surface area contributed by atoms with Crippen LogP contribution in [-0.2, 0) is 6.54 Å². The highest BCUT2D eigenvalue weighted by Gasteiger charge is 2.26.